The van der Waals surface area contributed by atoms with Gasteiger partial charge in [-0.05, 0) is 24.3 Å². The van der Waals surface area contributed by atoms with Crippen LogP contribution in [0.2, 0.25) is 15.1 Å². The van der Waals surface area contributed by atoms with Crippen LogP contribution in [-0.4, -0.2) is 23.6 Å². The molecule has 0 saturated carbocycles. The second-order valence-corrected chi connectivity index (χ2v) is 6.19. The van der Waals surface area contributed by atoms with Crippen molar-refractivity contribution < 1.29 is 4.79 Å². The lowest BCUT2D eigenvalue weighted by molar-refractivity contribution is 0.249. The van der Waals surface area contributed by atoms with Crippen LogP contribution in [0, 0.1) is 0 Å². The van der Waals surface area contributed by atoms with Crippen molar-refractivity contribution >= 4 is 58.3 Å². The van der Waals surface area contributed by atoms with Gasteiger partial charge in [0.25, 0.3) is 0 Å². The van der Waals surface area contributed by atoms with E-state index >= 15 is 0 Å². The number of carbonyl (C=O) groups excluding carboxylic acids is 1. The molecule has 0 spiro atoms. The summed E-state index contributed by atoms with van der Waals surface area (Å²) < 4.78 is 0. The zero-order valence-corrected chi connectivity index (χ0v) is 12.4. The van der Waals surface area contributed by atoms with Crippen LogP contribution >= 0.6 is 46.6 Å². The largest absolute Gasteiger partial charge is 0.334 e. The van der Waals surface area contributed by atoms with E-state index in [9.17, 15) is 4.79 Å². The summed E-state index contributed by atoms with van der Waals surface area (Å²) >= 11 is 19.5. The predicted octanol–water partition coefficient (Wildman–Crippen LogP) is 4.27. The number of amides is 2. The minimum absolute atomic E-state index is 0.219. The Hall–Kier alpha value is -0.290. The van der Waals surface area contributed by atoms with E-state index in [1.54, 1.807) is 12.1 Å². The highest BCUT2D eigenvalue weighted by Gasteiger charge is 2.18. The summed E-state index contributed by atoms with van der Waals surface area (Å²) in [7, 11) is 0. The molecule has 0 aliphatic carbocycles. The van der Waals surface area contributed by atoms with Gasteiger partial charge in [-0.15, -0.1) is 0 Å². The molecule has 1 aliphatic heterocycles. The molecule has 1 aliphatic rings. The molecule has 2 amide bonds. The van der Waals surface area contributed by atoms with Crippen molar-refractivity contribution in [1.29, 1.82) is 0 Å². The standard InChI is InChI=1S/C11H11Cl3N2OS/c12-7-1-2-8(10(14)9(7)13)16-11(17)15-6-3-4-18-5-6/h1-2,6H,3-5H2,(H2,15,16,17)/t6-/m1/s1. The highest BCUT2D eigenvalue weighted by molar-refractivity contribution is 7.99. The maximum atomic E-state index is 11.8. The molecule has 7 heteroatoms. The SMILES string of the molecule is O=C(Nc1ccc(Cl)c(Cl)c1Cl)N[C@@H]1CCSC1. The molecule has 0 radical (unpaired) electrons. The normalized spacial score (nSPS) is 18.7. The molecule has 0 aromatic heterocycles. The second kappa shape index (κ2) is 6.24. The maximum absolute atomic E-state index is 11.8. The third kappa shape index (κ3) is 3.38. The van der Waals surface area contributed by atoms with Crippen LogP contribution in [0.3, 0.4) is 0 Å². The molecule has 1 fully saturated rings. The monoisotopic (exact) mass is 324 g/mol. The average Bonchev–Trinajstić information content (AvgIpc) is 2.83. The summed E-state index contributed by atoms with van der Waals surface area (Å²) in [5.74, 6) is 2.03. The van der Waals surface area contributed by atoms with Crippen molar-refractivity contribution in [2.45, 2.75) is 12.5 Å². The van der Waals surface area contributed by atoms with E-state index in [1.165, 1.54) is 0 Å². The number of halogens is 3. The lowest BCUT2D eigenvalue weighted by Crippen LogP contribution is -2.37. The smallest absolute Gasteiger partial charge is 0.319 e. The minimum Gasteiger partial charge on any atom is -0.334 e. The lowest BCUT2D eigenvalue weighted by atomic mass is 10.3. The molecule has 2 N–H and O–H groups in total. The fourth-order valence-corrected chi connectivity index (χ4v) is 3.35. The van der Waals surface area contributed by atoms with Gasteiger partial charge in [0.1, 0.15) is 0 Å². The molecule has 18 heavy (non-hydrogen) atoms. The number of rotatable bonds is 2. The van der Waals surface area contributed by atoms with Gasteiger partial charge in [0.05, 0.1) is 20.8 Å². The van der Waals surface area contributed by atoms with E-state index < -0.39 is 0 Å². The number of nitrogens with one attached hydrogen (secondary N) is 2. The van der Waals surface area contributed by atoms with Crippen molar-refractivity contribution in [1.82, 2.24) is 5.32 Å². The lowest BCUT2D eigenvalue weighted by Gasteiger charge is -2.13. The third-order valence-corrected chi connectivity index (χ3v) is 5.00. The zero-order chi connectivity index (χ0) is 13.1. The number of hydrogen-bond donors (Lipinski definition) is 2. The first-order chi connectivity index (χ1) is 8.58. The van der Waals surface area contributed by atoms with Gasteiger partial charge >= 0.3 is 6.03 Å². The van der Waals surface area contributed by atoms with Crippen LogP contribution < -0.4 is 10.6 Å². The van der Waals surface area contributed by atoms with Gasteiger partial charge in [0.2, 0.25) is 0 Å². The zero-order valence-electron chi connectivity index (χ0n) is 9.30. The van der Waals surface area contributed by atoms with Crippen molar-refractivity contribution in [2.24, 2.45) is 0 Å². The van der Waals surface area contributed by atoms with Gasteiger partial charge in [-0.2, -0.15) is 11.8 Å². The highest BCUT2D eigenvalue weighted by Crippen LogP contribution is 2.35. The Morgan fingerprint density at radius 2 is 2.06 bits per heavy atom. The molecule has 1 aromatic rings. The maximum Gasteiger partial charge on any atom is 0.319 e. The predicted molar refractivity (Wildman–Crippen MR) is 79.4 cm³/mol. The van der Waals surface area contributed by atoms with Gasteiger partial charge in [-0.25, -0.2) is 4.79 Å². The Labute approximate surface area is 125 Å². The summed E-state index contributed by atoms with van der Waals surface area (Å²) in [6, 6.07) is 3.16. The Morgan fingerprint density at radius 1 is 1.28 bits per heavy atom. The van der Waals surface area contributed by atoms with Crippen LogP contribution in [0.1, 0.15) is 6.42 Å². The Morgan fingerprint density at radius 3 is 2.72 bits per heavy atom. The number of thioether (sulfide) groups is 1. The molecule has 1 saturated heterocycles. The number of urea groups is 1. The van der Waals surface area contributed by atoms with Gasteiger partial charge in [0.15, 0.2) is 0 Å². The van der Waals surface area contributed by atoms with E-state index in [2.05, 4.69) is 10.6 Å². The molecule has 98 valence electrons. The molecule has 2 rings (SSSR count). The molecular formula is C11H11Cl3N2OS. The molecule has 1 atom stereocenters. The number of benzene rings is 1. The number of anilines is 1. The van der Waals surface area contributed by atoms with E-state index in [1.807, 2.05) is 11.8 Å². The fraction of sp³-hybridized carbons (Fsp3) is 0.364. The molecular weight excluding hydrogens is 315 g/mol. The highest BCUT2D eigenvalue weighted by atomic mass is 35.5. The molecule has 1 heterocycles. The van der Waals surface area contributed by atoms with Crippen LogP contribution in [-0.2, 0) is 0 Å². The van der Waals surface area contributed by atoms with Gasteiger partial charge < -0.3 is 10.6 Å². The third-order valence-electron chi connectivity index (χ3n) is 2.55. The summed E-state index contributed by atoms with van der Waals surface area (Å²) in [5, 5.41) is 6.41. The topological polar surface area (TPSA) is 41.1 Å². The summed E-state index contributed by atoms with van der Waals surface area (Å²) in [6.45, 7) is 0. The first-order valence-corrected chi connectivity index (χ1v) is 7.65. The van der Waals surface area contributed by atoms with E-state index in [4.69, 9.17) is 34.8 Å². The minimum atomic E-state index is -0.275. The average molecular weight is 326 g/mol. The van der Waals surface area contributed by atoms with Crippen molar-refractivity contribution in [3.05, 3.63) is 27.2 Å². The van der Waals surface area contributed by atoms with Gasteiger partial charge in [-0.1, -0.05) is 34.8 Å². The summed E-state index contributed by atoms with van der Waals surface area (Å²) in [4.78, 5) is 11.8. The first kappa shape index (κ1) is 14.1. The second-order valence-electron chi connectivity index (χ2n) is 3.88. The first-order valence-electron chi connectivity index (χ1n) is 5.36. The summed E-state index contributed by atoms with van der Waals surface area (Å²) in [6.07, 6.45) is 0.993. The molecule has 1 aromatic carbocycles. The van der Waals surface area contributed by atoms with Crippen LogP contribution in [0.5, 0.6) is 0 Å². The Bertz CT molecular complexity index is 464. The quantitative estimate of drug-likeness (QED) is 0.797. The Balaban J connectivity index is 2.00. The summed E-state index contributed by atoms with van der Waals surface area (Å²) in [5.41, 5.74) is 0.453. The van der Waals surface area contributed by atoms with Gasteiger partial charge in [0, 0.05) is 11.8 Å². The van der Waals surface area contributed by atoms with Crippen molar-refractivity contribution in [3.8, 4) is 0 Å². The van der Waals surface area contributed by atoms with Crippen molar-refractivity contribution in [3.63, 3.8) is 0 Å². The number of carbonyl (C=O) groups is 1. The Kier molecular flexibility index (Phi) is 4.90. The van der Waals surface area contributed by atoms with Crippen LogP contribution in [0.15, 0.2) is 12.1 Å². The van der Waals surface area contributed by atoms with Gasteiger partial charge in [-0.3, -0.25) is 0 Å². The fourth-order valence-electron chi connectivity index (χ4n) is 1.61. The van der Waals surface area contributed by atoms with Crippen LogP contribution in [0.25, 0.3) is 0 Å². The van der Waals surface area contributed by atoms with E-state index in [0.29, 0.717) is 10.7 Å². The van der Waals surface area contributed by atoms with Crippen LogP contribution in [0.4, 0.5) is 10.5 Å². The van der Waals surface area contributed by atoms with E-state index in [0.717, 1.165) is 17.9 Å². The molecule has 0 unspecified atom stereocenters. The molecule has 3 nitrogen and oxygen atoms in total. The number of hydrogen-bond acceptors (Lipinski definition) is 2. The molecule has 0 bridgehead atoms. The van der Waals surface area contributed by atoms with Crippen molar-refractivity contribution in [2.75, 3.05) is 16.8 Å². The van der Waals surface area contributed by atoms with E-state index in [-0.39, 0.29) is 22.1 Å².